The average Bonchev–Trinajstić information content (AvgIpc) is 3.52. The van der Waals surface area contributed by atoms with Gasteiger partial charge >= 0.3 is 0 Å². The predicted octanol–water partition coefficient (Wildman–Crippen LogP) is 3.31. The molecule has 3 aromatic rings. The number of likely N-dealkylation sites (tertiary alicyclic amines) is 1. The number of amides is 2. The number of nitrogens with one attached hydrogen (secondary N) is 1. The maximum absolute atomic E-state index is 15.7. The van der Waals surface area contributed by atoms with E-state index < -0.39 is 17.5 Å². The van der Waals surface area contributed by atoms with Crippen LogP contribution in [0.15, 0.2) is 72.9 Å². The maximum atomic E-state index is 15.7. The van der Waals surface area contributed by atoms with Crippen molar-refractivity contribution in [2.45, 2.75) is 31.3 Å². The second kappa shape index (κ2) is 9.56. The van der Waals surface area contributed by atoms with E-state index in [0.29, 0.717) is 24.5 Å². The SMILES string of the molecule is CC1N(c2ccccc2)NN(F)C1(C(N)=O)c1ccccc1Oc1ccnc(C(=O)N2CCCC2)c1. The molecule has 0 aliphatic carbocycles. The lowest BCUT2D eigenvalue weighted by Gasteiger charge is -2.33. The summed E-state index contributed by atoms with van der Waals surface area (Å²) in [5.74, 6) is -0.488. The number of hydrogen-bond donors (Lipinski definition) is 2. The van der Waals surface area contributed by atoms with Crippen molar-refractivity contribution in [2.24, 2.45) is 5.73 Å². The minimum atomic E-state index is -1.91. The Morgan fingerprint density at radius 2 is 1.78 bits per heavy atom. The second-order valence-electron chi connectivity index (χ2n) is 8.87. The number of halogens is 1. The van der Waals surface area contributed by atoms with E-state index in [-0.39, 0.29) is 28.1 Å². The van der Waals surface area contributed by atoms with E-state index in [9.17, 15) is 9.59 Å². The van der Waals surface area contributed by atoms with Gasteiger partial charge in [0.2, 0.25) is 5.91 Å². The maximum Gasteiger partial charge on any atom is 0.272 e. The number of aromatic nitrogens is 1. The first-order chi connectivity index (χ1) is 17.4. The number of rotatable bonds is 6. The molecule has 0 spiro atoms. The minimum Gasteiger partial charge on any atom is -0.457 e. The van der Waals surface area contributed by atoms with Gasteiger partial charge < -0.3 is 15.4 Å². The first-order valence-electron chi connectivity index (χ1n) is 11.8. The third-order valence-corrected chi connectivity index (χ3v) is 6.78. The van der Waals surface area contributed by atoms with Crippen molar-refractivity contribution >= 4 is 17.5 Å². The van der Waals surface area contributed by atoms with Gasteiger partial charge in [-0.25, -0.2) is 0 Å². The molecule has 186 valence electrons. The van der Waals surface area contributed by atoms with Gasteiger partial charge in [-0.3, -0.25) is 19.6 Å². The van der Waals surface area contributed by atoms with Crippen LogP contribution in [0.5, 0.6) is 11.5 Å². The van der Waals surface area contributed by atoms with Crippen LogP contribution in [0.25, 0.3) is 0 Å². The lowest BCUT2D eigenvalue weighted by atomic mass is 9.82. The fourth-order valence-electron chi connectivity index (χ4n) is 4.92. The van der Waals surface area contributed by atoms with Crippen LogP contribution in [-0.2, 0) is 10.3 Å². The lowest BCUT2D eigenvalue weighted by Crippen LogP contribution is -2.55. The number of carbonyl (C=O) groups is 2. The normalized spacial score (nSPS) is 22.1. The Hall–Kier alpha value is -4.02. The fraction of sp³-hybridized carbons (Fsp3) is 0.269. The van der Waals surface area contributed by atoms with Crippen LogP contribution in [0.1, 0.15) is 35.8 Å². The number of nitrogens with zero attached hydrogens (tertiary/aromatic N) is 4. The topological polar surface area (TPSA) is 104 Å². The van der Waals surface area contributed by atoms with Gasteiger partial charge in [0.05, 0.1) is 11.7 Å². The van der Waals surface area contributed by atoms with Crippen molar-refractivity contribution in [3.63, 3.8) is 0 Å². The number of primary amides is 1. The average molecular weight is 491 g/mol. The Bertz CT molecular complexity index is 1270. The van der Waals surface area contributed by atoms with Crippen molar-refractivity contribution < 1.29 is 18.8 Å². The number of hydrazine groups is 2. The van der Waals surface area contributed by atoms with Crippen LogP contribution in [0, 0.1) is 0 Å². The largest absolute Gasteiger partial charge is 0.457 e. The molecule has 3 heterocycles. The number of ether oxygens (including phenoxy) is 1. The molecule has 5 rings (SSSR count). The standard InChI is InChI=1S/C26H27FN6O3/c1-18-26(25(28)35,33(27)30-32(18)19-9-3-2-4-10-19)21-11-5-6-12-23(21)36-20-13-14-29-22(17-20)24(34)31-15-7-8-16-31/h2-6,9-14,17-18,30H,7-8,15-16H2,1H3,(H2,28,35). The van der Waals surface area contributed by atoms with E-state index in [1.54, 1.807) is 65.4 Å². The van der Waals surface area contributed by atoms with Crippen molar-refractivity contribution in [1.29, 1.82) is 0 Å². The molecule has 2 fully saturated rings. The molecule has 1 aromatic heterocycles. The van der Waals surface area contributed by atoms with Crippen molar-refractivity contribution in [3.8, 4) is 11.5 Å². The summed E-state index contributed by atoms with van der Waals surface area (Å²) in [6, 6.07) is 18.1. The van der Waals surface area contributed by atoms with Gasteiger partial charge in [-0.2, -0.15) is 0 Å². The zero-order valence-electron chi connectivity index (χ0n) is 19.8. The molecule has 36 heavy (non-hydrogen) atoms. The van der Waals surface area contributed by atoms with Crippen molar-refractivity contribution in [3.05, 3.63) is 84.2 Å². The van der Waals surface area contributed by atoms with Gasteiger partial charge in [-0.15, -0.1) is 10.0 Å². The van der Waals surface area contributed by atoms with Crippen LogP contribution < -0.4 is 21.0 Å². The summed E-state index contributed by atoms with van der Waals surface area (Å²) in [7, 11) is 0. The summed E-state index contributed by atoms with van der Waals surface area (Å²) in [5.41, 5.74) is 7.75. The molecule has 2 aromatic carbocycles. The smallest absolute Gasteiger partial charge is 0.272 e. The third-order valence-electron chi connectivity index (χ3n) is 6.78. The number of anilines is 1. The molecule has 2 saturated heterocycles. The minimum absolute atomic E-state index is 0.165. The zero-order chi connectivity index (χ0) is 25.3. The van der Waals surface area contributed by atoms with Crippen LogP contribution in [0.2, 0.25) is 0 Å². The summed E-state index contributed by atoms with van der Waals surface area (Å²) in [6.07, 6.45) is 3.43. The molecule has 2 aliphatic heterocycles. The van der Waals surface area contributed by atoms with Gasteiger partial charge in [-0.1, -0.05) is 36.4 Å². The van der Waals surface area contributed by atoms with Crippen molar-refractivity contribution in [2.75, 3.05) is 18.1 Å². The zero-order valence-corrected chi connectivity index (χ0v) is 19.8. The number of para-hydroxylation sites is 2. The third kappa shape index (κ3) is 3.94. The highest BCUT2D eigenvalue weighted by Crippen LogP contribution is 2.44. The molecule has 9 nitrogen and oxygen atoms in total. The highest BCUT2D eigenvalue weighted by Gasteiger charge is 2.59. The Morgan fingerprint density at radius 1 is 1.08 bits per heavy atom. The fourth-order valence-corrected chi connectivity index (χ4v) is 4.92. The van der Waals surface area contributed by atoms with E-state index in [4.69, 9.17) is 10.5 Å². The molecular weight excluding hydrogens is 463 g/mol. The molecule has 2 atom stereocenters. The lowest BCUT2D eigenvalue weighted by molar-refractivity contribution is -0.150. The van der Waals surface area contributed by atoms with Gasteiger partial charge in [-0.05, 0) is 49.3 Å². The van der Waals surface area contributed by atoms with E-state index in [0.717, 1.165) is 12.8 Å². The van der Waals surface area contributed by atoms with Gasteiger partial charge in [0.1, 0.15) is 17.2 Å². The van der Waals surface area contributed by atoms with Gasteiger partial charge in [0.25, 0.3) is 5.91 Å². The van der Waals surface area contributed by atoms with E-state index in [1.165, 1.54) is 6.20 Å². The molecule has 2 unspecified atom stereocenters. The predicted molar refractivity (Wildman–Crippen MR) is 131 cm³/mol. The van der Waals surface area contributed by atoms with Crippen molar-refractivity contribution in [1.82, 2.24) is 20.6 Å². The summed E-state index contributed by atoms with van der Waals surface area (Å²) in [6.45, 7) is 3.11. The highest BCUT2D eigenvalue weighted by atomic mass is 19.2. The molecule has 3 N–H and O–H groups in total. The molecule has 10 heteroatoms. The summed E-state index contributed by atoms with van der Waals surface area (Å²) >= 11 is 0. The summed E-state index contributed by atoms with van der Waals surface area (Å²) < 4.78 is 21.8. The van der Waals surface area contributed by atoms with Gasteiger partial charge in [0, 0.05) is 30.9 Å². The second-order valence-corrected chi connectivity index (χ2v) is 8.87. The van der Waals surface area contributed by atoms with Crippen LogP contribution >= 0.6 is 0 Å². The Labute approximate surface area is 208 Å². The number of hydrogen-bond acceptors (Lipinski definition) is 7. The van der Waals surface area contributed by atoms with Crippen LogP contribution in [-0.4, -0.2) is 46.1 Å². The number of pyridine rings is 1. The molecule has 0 radical (unpaired) electrons. The summed E-state index contributed by atoms with van der Waals surface area (Å²) in [4.78, 5) is 31.7. The van der Waals surface area contributed by atoms with Crippen LogP contribution in [0.4, 0.5) is 10.2 Å². The number of benzene rings is 2. The first kappa shape index (κ1) is 23.7. The van der Waals surface area contributed by atoms with E-state index in [1.807, 2.05) is 18.2 Å². The van der Waals surface area contributed by atoms with Gasteiger partial charge in [0.15, 0.2) is 5.54 Å². The highest BCUT2D eigenvalue weighted by molar-refractivity contribution is 5.93. The Morgan fingerprint density at radius 3 is 2.50 bits per heavy atom. The molecule has 0 saturated carbocycles. The Balaban J connectivity index is 1.51. The number of carbonyl (C=O) groups excluding carboxylic acids is 2. The van der Waals surface area contributed by atoms with E-state index in [2.05, 4.69) is 10.5 Å². The monoisotopic (exact) mass is 490 g/mol. The molecule has 2 aliphatic rings. The molecule has 2 amide bonds. The molecule has 0 bridgehead atoms. The quantitative estimate of drug-likeness (QED) is 0.511. The Kier molecular flexibility index (Phi) is 6.29. The number of nitrogens with two attached hydrogens (primary N) is 1. The molecular formula is C26H27FN6O3. The first-order valence-corrected chi connectivity index (χ1v) is 11.8. The summed E-state index contributed by atoms with van der Waals surface area (Å²) in [5, 5.41) is 1.77. The van der Waals surface area contributed by atoms with E-state index >= 15 is 4.48 Å². The van der Waals surface area contributed by atoms with Crippen LogP contribution in [0.3, 0.4) is 0 Å².